The van der Waals surface area contributed by atoms with Gasteiger partial charge in [-0.05, 0) is 60.3 Å². The van der Waals surface area contributed by atoms with Gasteiger partial charge in [-0.15, -0.1) is 0 Å². The summed E-state index contributed by atoms with van der Waals surface area (Å²) in [4.78, 5) is 16.8. The number of ether oxygens (including phenoxy) is 1. The van der Waals surface area contributed by atoms with E-state index in [1.165, 1.54) is 6.07 Å². The highest BCUT2D eigenvalue weighted by molar-refractivity contribution is 9.10. The zero-order valence-corrected chi connectivity index (χ0v) is 15.4. The van der Waals surface area contributed by atoms with Crippen LogP contribution < -0.4 is 5.56 Å². The van der Waals surface area contributed by atoms with Crippen molar-refractivity contribution in [3.05, 3.63) is 44.5 Å². The fourth-order valence-corrected chi connectivity index (χ4v) is 3.14. The highest BCUT2D eigenvalue weighted by Gasteiger charge is 2.35. The maximum Gasteiger partial charge on any atom is 0.256 e. The Morgan fingerprint density at radius 3 is 2.67 bits per heavy atom. The number of H-pyrrole nitrogens is 1. The fourth-order valence-electron chi connectivity index (χ4n) is 2.78. The van der Waals surface area contributed by atoms with Gasteiger partial charge in [-0.3, -0.25) is 9.69 Å². The third-order valence-electron chi connectivity index (χ3n) is 4.03. The van der Waals surface area contributed by atoms with Crippen molar-refractivity contribution in [1.29, 1.82) is 0 Å². The molecule has 0 spiro atoms. The van der Waals surface area contributed by atoms with Gasteiger partial charge in [0, 0.05) is 30.1 Å². The van der Waals surface area contributed by atoms with Crippen LogP contribution in [0.25, 0.3) is 10.8 Å². The van der Waals surface area contributed by atoms with E-state index in [4.69, 9.17) is 4.74 Å². The third-order valence-corrected chi connectivity index (χ3v) is 4.63. The first-order chi connectivity index (χ1) is 11.1. The van der Waals surface area contributed by atoms with Crippen molar-refractivity contribution < 1.29 is 14.2 Å². The van der Waals surface area contributed by atoms with E-state index in [1.807, 2.05) is 26.8 Å². The van der Waals surface area contributed by atoms with Crippen LogP contribution in [-0.4, -0.2) is 40.1 Å². The van der Waals surface area contributed by atoms with Gasteiger partial charge >= 0.3 is 0 Å². The summed E-state index contributed by atoms with van der Waals surface area (Å²) in [6, 6.07) is 4.70. The zero-order chi connectivity index (χ0) is 17.6. The number of benzene rings is 1. The molecule has 1 saturated heterocycles. The molecule has 1 unspecified atom stereocenters. The summed E-state index contributed by atoms with van der Waals surface area (Å²) in [5, 5.41) is 11.1. The van der Waals surface area contributed by atoms with Crippen molar-refractivity contribution in [1.82, 2.24) is 9.88 Å². The molecule has 0 amide bonds. The van der Waals surface area contributed by atoms with Gasteiger partial charge in [0.05, 0.1) is 10.1 Å². The predicted molar refractivity (Wildman–Crippen MR) is 93.4 cm³/mol. The van der Waals surface area contributed by atoms with E-state index in [1.54, 1.807) is 11.0 Å². The summed E-state index contributed by atoms with van der Waals surface area (Å²) in [6.07, 6.45) is -0.961. The van der Waals surface area contributed by atoms with Crippen molar-refractivity contribution in [2.45, 2.75) is 38.7 Å². The summed E-state index contributed by atoms with van der Waals surface area (Å²) < 4.78 is 19.4. The molecular formula is C17H20BrFN2O3. The molecule has 1 aliphatic heterocycles. The average molecular weight is 399 g/mol. The van der Waals surface area contributed by atoms with Gasteiger partial charge in [0.15, 0.2) is 0 Å². The molecule has 1 aromatic carbocycles. The minimum Gasteiger partial charge on any atom is -0.356 e. The number of aliphatic hydroxyl groups excluding tert-OH is 1. The molecule has 0 saturated carbocycles. The molecule has 1 fully saturated rings. The van der Waals surface area contributed by atoms with E-state index < -0.39 is 17.8 Å². The molecule has 3 rings (SSSR count). The second-order valence-electron chi connectivity index (χ2n) is 7.11. The lowest BCUT2D eigenvalue weighted by Gasteiger charge is -2.43. The molecule has 2 N–H and O–H groups in total. The smallest absolute Gasteiger partial charge is 0.256 e. The molecule has 0 radical (unpaired) electrons. The number of hydrogen-bond acceptors (Lipinski definition) is 4. The number of aromatic nitrogens is 1. The highest BCUT2D eigenvalue weighted by Crippen LogP contribution is 2.30. The van der Waals surface area contributed by atoms with Gasteiger partial charge in [0.1, 0.15) is 5.82 Å². The number of hydrogen-bond donors (Lipinski definition) is 2. The molecule has 5 nitrogen and oxygen atoms in total. The number of nitrogens with one attached hydrogen (secondary N) is 1. The van der Waals surface area contributed by atoms with Crippen LogP contribution in [0.5, 0.6) is 0 Å². The summed E-state index contributed by atoms with van der Waals surface area (Å²) in [5.41, 5.74) is 0.0436. The van der Waals surface area contributed by atoms with Crippen molar-refractivity contribution in [2.75, 3.05) is 13.1 Å². The SMILES string of the molecule is CC(C)(C)OC(O)N1CC(c2cc3cc(Br)c(F)cc3c(=O)[nH]2)C1. The molecule has 1 aliphatic rings. The number of aromatic amines is 1. The van der Waals surface area contributed by atoms with Crippen LogP contribution in [-0.2, 0) is 4.74 Å². The fraction of sp³-hybridized carbons (Fsp3) is 0.471. The number of halogens is 2. The van der Waals surface area contributed by atoms with E-state index in [2.05, 4.69) is 20.9 Å². The molecule has 130 valence electrons. The van der Waals surface area contributed by atoms with Gasteiger partial charge in [0.25, 0.3) is 5.56 Å². The molecule has 1 aromatic heterocycles. The van der Waals surface area contributed by atoms with Crippen LogP contribution in [0.4, 0.5) is 4.39 Å². The third kappa shape index (κ3) is 3.54. The second kappa shape index (κ2) is 6.22. The Morgan fingerprint density at radius 1 is 1.38 bits per heavy atom. The van der Waals surface area contributed by atoms with Gasteiger partial charge < -0.3 is 14.8 Å². The van der Waals surface area contributed by atoms with Crippen molar-refractivity contribution in [3.8, 4) is 0 Å². The van der Waals surface area contributed by atoms with E-state index in [9.17, 15) is 14.3 Å². The first-order valence-electron chi connectivity index (χ1n) is 7.76. The summed E-state index contributed by atoms with van der Waals surface area (Å²) in [7, 11) is 0. The maximum atomic E-state index is 13.6. The summed E-state index contributed by atoms with van der Waals surface area (Å²) in [6.45, 7) is 6.81. The van der Waals surface area contributed by atoms with Crippen LogP contribution in [0.2, 0.25) is 0 Å². The molecule has 2 heterocycles. The van der Waals surface area contributed by atoms with Gasteiger partial charge in [-0.25, -0.2) is 4.39 Å². The lowest BCUT2D eigenvalue weighted by molar-refractivity contribution is -0.255. The molecule has 0 bridgehead atoms. The maximum absolute atomic E-state index is 13.6. The van der Waals surface area contributed by atoms with Gasteiger partial charge in [0.2, 0.25) is 6.41 Å². The monoisotopic (exact) mass is 398 g/mol. The normalized spacial score (nSPS) is 17.9. The van der Waals surface area contributed by atoms with Crippen LogP contribution >= 0.6 is 15.9 Å². The van der Waals surface area contributed by atoms with E-state index in [0.717, 1.165) is 5.69 Å². The first-order valence-corrected chi connectivity index (χ1v) is 8.55. The van der Waals surface area contributed by atoms with E-state index in [0.29, 0.717) is 28.3 Å². The number of aliphatic hydroxyl groups is 1. The van der Waals surface area contributed by atoms with Crippen molar-refractivity contribution in [3.63, 3.8) is 0 Å². The topological polar surface area (TPSA) is 65.6 Å². The predicted octanol–water partition coefficient (Wildman–Crippen LogP) is 2.92. The molecule has 2 aromatic rings. The van der Waals surface area contributed by atoms with E-state index >= 15 is 0 Å². The molecule has 24 heavy (non-hydrogen) atoms. The molecule has 7 heteroatoms. The largest absolute Gasteiger partial charge is 0.356 e. The Labute approximate surface area is 147 Å². The van der Waals surface area contributed by atoms with Crippen LogP contribution in [0.15, 0.2) is 27.5 Å². The Bertz CT molecular complexity index is 825. The minimum atomic E-state index is -0.961. The Kier molecular flexibility index (Phi) is 4.55. The number of likely N-dealkylation sites (tertiary alicyclic amines) is 1. The van der Waals surface area contributed by atoms with Crippen LogP contribution in [0.1, 0.15) is 32.4 Å². The van der Waals surface area contributed by atoms with Crippen molar-refractivity contribution >= 4 is 26.7 Å². The van der Waals surface area contributed by atoms with Gasteiger partial charge in [-0.1, -0.05) is 0 Å². The minimum absolute atomic E-state index is 0.101. The lowest BCUT2D eigenvalue weighted by Crippen LogP contribution is -2.53. The Morgan fingerprint density at radius 2 is 2.04 bits per heavy atom. The quantitative estimate of drug-likeness (QED) is 0.780. The van der Waals surface area contributed by atoms with Crippen molar-refractivity contribution in [2.24, 2.45) is 0 Å². The number of pyridine rings is 1. The zero-order valence-electron chi connectivity index (χ0n) is 13.8. The first kappa shape index (κ1) is 17.5. The number of nitrogens with zero attached hydrogens (tertiary/aromatic N) is 1. The summed E-state index contributed by atoms with van der Waals surface area (Å²) >= 11 is 3.14. The second-order valence-corrected chi connectivity index (χ2v) is 7.97. The number of rotatable bonds is 3. The summed E-state index contributed by atoms with van der Waals surface area (Å²) in [5.74, 6) is -0.359. The van der Waals surface area contributed by atoms with Crippen LogP contribution in [0.3, 0.4) is 0 Å². The highest BCUT2D eigenvalue weighted by atomic mass is 79.9. The number of fused-ring (bicyclic) bond motifs is 1. The Balaban J connectivity index is 1.78. The molecule has 1 atom stereocenters. The lowest BCUT2D eigenvalue weighted by atomic mass is 9.95. The van der Waals surface area contributed by atoms with Crippen LogP contribution in [0, 0.1) is 5.82 Å². The van der Waals surface area contributed by atoms with Gasteiger partial charge in [-0.2, -0.15) is 0 Å². The Hall–Kier alpha value is -1.28. The standard InChI is InChI=1S/C17H20BrFN2O3/c1-17(2,3)24-16(23)21-7-10(8-21)14-5-9-4-12(18)13(19)6-11(9)15(22)20-14/h4-6,10,16,23H,7-8H2,1-3H3,(H,20,22). The molecular weight excluding hydrogens is 379 g/mol. The van der Waals surface area contributed by atoms with E-state index in [-0.39, 0.29) is 11.5 Å². The molecule has 0 aliphatic carbocycles. The average Bonchev–Trinajstić information content (AvgIpc) is 2.37.